The number of benzene rings is 2. The van der Waals surface area contributed by atoms with Crippen LogP contribution in [0.25, 0.3) is 11.0 Å². The van der Waals surface area contributed by atoms with Gasteiger partial charge in [0.25, 0.3) is 5.91 Å². The predicted molar refractivity (Wildman–Crippen MR) is 95.4 cm³/mol. The van der Waals surface area contributed by atoms with E-state index in [1.54, 1.807) is 11.0 Å². The van der Waals surface area contributed by atoms with Crippen LogP contribution in [0.3, 0.4) is 0 Å². The number of nitrogens with zero attached hydrogens (tertiary/aromatic N) is 2. The number of halogens is 2. The van der Waals surface area contributed by atoms with E-state index in [1.807, 2.05) is 24.3 Å². The summed E-state index contributed by atoms with van der Waals surface area (Å²) >= 11 is 6.01. The normalized spacial score (nSPS) is 15.7. The molecule has 128 valence electrons. The van der Waals surface area contributed by atoms with Gasteiger partial charge < -0.3 is 9.88 Å². The number of hydrogen-bond acceptors (Lipinski definition) is 2. The Hall–Kier alpha value is -2.40. The molecule has 0 unspecified atom stereocenters. The molecule has 0 bridgehead atoms. The molecule has 1 aromatic heterocycles. The first kappa shape index (κ1) is 16.1. The van der Waals surface area contributed by atoms with Crippen LogP contribution in [0.15, 0.2) is 42.5 Å². The van der Waals surface area contributed by atoms with Crippen molar-refractivity contribution >= 4 is 28.5 Å². The summed E-state index contributed by atoms with van der Waals surface area (Å²) in [6.45, 7) is 1.12. The van der Waals surface area contributed by atoms with E-state index in [0.717, 1.165) is 29.7 Å². The first-order chi connectivity index (χ1) is 12.1. The second-order valence-corrected chi connectivity index (χ2v) is 6.71. The van der Waals surface area contributed by atoms with Gasteiger partial charge in [0, 0.05) is 19.0 Å². The van der Waals surface area contributed by atoms with Crippen LogP contribution in [-0.4, -0.2) is 33.9 Å². The molecule has 1 aliphatic rings. The second-order valence-electron chi connectivity index (χ2n) is 6.30. The second kappa shape index (κ2) is 6.48. The molecule has 1 fully saturated rings. The van der Waals surface area contributed by atoms with E-state index in [1.165, 1.54) is 12.1 Å². The van der Waals surface area contributed by atoms with Crippen molar-refractivity contribution in [3.63, 3.8) is 0 Å². The smallest absolute Gasteiger partial charge is 0.258 e. The van der Waals surface area contributed by atoms with Crippen LogP contribution in [0.4, 0.5) is 4.39 Å². The Kier molecular flexibility index (Phi) is 4.17. The number of hydrogen-bond donors (Lipinski definition) is 1. The molecule has 0 radical (unpaired) electrons. The zero-order valence-corrected chi connectivity index (χ0v) is 14.3. The average molecular weight is 358 g/mol. The number of likely N-dealkylation sites (tertiary alicyclic amines) is 1. The van der Waals surface area contributed by atoms with Crippen molar-refractivity contribution < 1.29 is 9.18 Å². The Labute approximate surface area is 149 Å². The lowest BCUT2D eigenvalue weighted by Gasteiger charge is -2.31. The number of carbonyl (C=O) groups excluding carboxylic acids is 1. The predicted octanol–water partition coefficient (Wildman–Crippen LogP) is 4.38. The fraction of sp³-hybridized carbons (Fsp3) is 0.263. The van der Waals surface area contributed by atoms with E-state index >= 15 is 0 Å². The van der Waals surface area contributed by atoms with Crippen LogP contribution in [0.5, 0.6) is 0 Å². The molecular weight excluding hydrogens is 341 g/mol. The third kappa shape index (κ3) is 3.00. The Morgan fingerprint density at radius 1 is 1.16 bits per heavy atom. The van der Waals surface area contributed by atoms with E-state index in [0.29, 0.717) is 13.1 Å². The molecule has 2 heterocycles. The van der Waals surface area contributed by atoms with E-state index in [-0.39, 0.29) is 22.4 Å². The molecule has 1 N–H and O–H groups in total. The Morgan fingerprint density at radius 3 is 2.64 bits per heavy atom. The van der Waals surface area contributed by atoms with Crippen molar-refractivity contribution in [1.29, 1.82) is 0 Å². The minimum Gasteiger partial charge on any atom is -0.342 e. The Morgan fingerprint density at radius 2 is 1.92 bits per heavy atom. The molecule has 0 spiro atoms. The number of aromatic amines is 1. The fourth-order valence-corrected chi connectivity index (χ4v) is 3.63. The third-order valence-corrected chi connectivity index (χ3v) is 5.07. The Bertz CT molecular complexity index is 878. The lowest BCUT2D eigenvalue weighted by atomic mass is 9.95. The summed E-state index contributed by atoms with van der Waals surface area (Å²) in [4.78, 5) is 22.3. The summed E-state index contributed by atoms with van der Waals surface area (Å²) in [7, 11) is 0. The molecule has 25 heavy (non-hydrogen) atoms. The van der Waals surface area contributed by atoms with Crippen LogP contribution < -0.4 is 0 Å². The van der Waals surface area contributed by atoms with Gasteiger partial charge in [0.2, 0.25) is 0 Å². The van der Waals surface area contributed by atoms with Crippen molar-refractivity contribution in [2.24, 2.45) is 0 Å². The van der Waals surface area contributed by atoms with Crippen LogP contribution in [0.1, 0.15) is 34.9 Å². The van der Waals surface area contributed by atoms with Gasteiger partial charge in [0.05, 0.1) is 21.6 Å². The number of rotatable bonds is 2. The maximum Gasteiger partial charge on any atom is 0.258 e. The number of aromatic nitrogens is 2. The fourth-order valence-electron chi connectivity index (χ4n) is 3.38. The summed E-state index contributed by atoms with van der Waals surface area (Å²) in [5.74, 6) is 0.313. The highest BCUT2D eigenvalue weighted by molar-refractivity contribution is 6.33. The van der Waals surface area contributed by atoms with E-state index < -0.39 is 5.82 Å². The molecule has 0 atom stereocenters. The number of H-pyrrole nitrogens is 1. The van der Waals surface area contributed by atoms with Crippen LogP contribution >= 0.6 is 11.6 Å². The monoisotopic (exact) mass is 357 g/mol. The topological polar surface area (TPSA) is 49.0 Å². The summed E-state index contributed by atoms with van der Waals surface area (Å²) in [5.41, 5.74) is 1.94. The maximum absolute atomic E-state index is 14.0. The van der Waals surface area contributed by atoms with E-state index in [4.69, 9.17) is 11.6 Å². The van der Waals surface area contributed by atoms with Gasteiger partial charge in [-0.15, -0.1) is 0 Å². The van der Waals surface area contributed by atoms with Gasteiger partial charge in [-0.2, -0.15) is 0 Å². The SMILES string of the molecule is O=C(c1c(F)cccc1Cl)N1CCC(c2nc3ccccc3[nH]2)CC1. The largest absolute Gasteiger partial charge is 0.342 e. The standard InChI is InChI=1S/C19H17ClFN3O/c20-13-4-3-5-14(21)17(13)19(25)24-10-8-12(9-11-24)18-22-15-6-1-2-7-16(15)23-18/h1-7,12H,8-11H2,(H,22,23). The molecule has 0 saturated carbocycles. The molecule has 3 aromatic rings. The van der Waals surface area contributed by atoms with Gasteiger partial charge in [0.15, 0.2) is 0 Å². The number of para-hydroxylation sites is 2. The molecule has 4 nitrogen and oxygen atoms in total. The summed E-state index contributed by atoms with van der Waals surface area (Å²) in [5, 5.41) is 0.157. The lowest BCUT2D eigenvalue weighted by Crippen LogP contribution is -2.38. The number of piperidine rings is 1. The molecule has 1 saturated heterocycles. The number of imidazole rings is 1. The first-order valence-electron chi connectivity index (χ1n) is 8.31. The highest BCUT2D eigenvalue weighted by Gasteiger charge is 2.28. The zero-order chi connectivity index (χ0) is 17.4. The van der Waals surface area contributed by atoms with Crippen LogP contribution in [0.2, 0.25) is 5.02 Å². The highest BCUT2D eigenvalue weighted by atomic mass is 35.5. The lowest BCUT2D eigenvalue weighted by molar-refractivity contribution is 0.0706. The molecule has 4 rings (SSSR count). The van der Waals surface area contributed by atoms with Crippen molar-refractivity contribution in [3.05, 3.63) is 64.7 Å². The summed E-state index contributed by atoms with van der Waals surface area (Å²) in [6, 6.07) is 12.2. The number of carbonyl (C=O) groups is 1. The maximum atomic E-state index is 14.0. The number of nitrogens with one attached hydrogen (secondary N) is 1. The van der Waals surface area contributed by atoms with E-state index in [9.17, 15) is 9.18 Å². The van der Waals surface area contributed by atoms with Gasteiger partial charge in [-0.3, -0.25) is 4.79 Å². The summed E-state index contributed by atoms with van der Waals surface area (Å²) in [6.07, 6.45) is 1.58. The number of amides is 1. The van der Waals surface area contributed by atoms with Crippen molar-refractivity contribution in [1.82, 2.24) is 14.9 Å². The molecule has 0 aliphatic carbocycles. The number of fused-ring (bicyclic) bond motifs is 1. The van der Waals surface area contributed by atoms with E-state index in [2.05, 4.69) is 9.97 Å². The average Bonchev–Trinajstić information content (AvgIpc) is 3.06. The minimum atomic E-state index is -0.572. The van der Waals surface area contributed by atoms with Gasteiger partial charge >= 0.3 is 0 Å². The molecule has 6 heteroatoms. The van der Waals surface area contributed by atoms with Crippen molar-refractivity contribution in [2.45, 2.75) is 18.8 Å². The van der Waals surface area contributed by atoms with Crippen LogP contribution in [0, 0.1) is 5.82 Å². The quantitative estimate of drug-likeness (QED) is 0.740. The van der Waals surface area contributed by atoms with Crippen molar-refractivity contribution in [2.75, 3.05) is 13.1 Å². The molecule has 1 amide bonds. The highest BCUT2D eigenvalue weighted by Crippen LogP contribution is 2.29. The van der Waals surface area contributed by atoms with Gasteiger partial charge in [-0.25, -0.2) is 9.37 Å². The van der Waals surface area contributed by atoms with Gasteiger partial charge in [0.1, 0.15) is 11.6 Å². The molecule has 1 aliphatic heterocycles. The molecular formula is C19H17ClFN3O. The third-order valence-electron chi connectivity index (χ3n) is 4.75. The van der Waals surface area contributed by atoms with Gasteiger partial charge in [-0.1, -0.05) is 29.8 Å². The zero-order valence-electron chi connectivity index (χ0n) is 13.5. The molecule has 2 aromatic carbocycles. The minimum absolute atomic E-state index is 0.0358. The van der Waals surface area contributed by atoms with Crippen molar-refractivity contribution in [3.8, 4) is 0 Å². The summed E-state index contributed by atoms with van der Waals surface area (Å²) < 4.78 is 14.0. The van der Waals surface area contributed by atoms with Gasteiger partial charge in [-0.05, 0) is 37.1 Å². The Balaban J connectivity index is 1.48. The van der Waals surface area contributed by atoms with Crippen LogP contribution in [-0.2, 0) is 0 Å². The first-order valence-corrected chi connectivity index (χ1v) is 8.69.